The molecule has 0 atom stereocenters. The van der Waals surface area contributed by atoms with Gasteiger partial charge in [-0.05, 0) is 67.0 Å². The zero-order chi connectivity index (χ0) is 21.2. The molecule has 32 heavy (non-hydrogen) atoms. The normalized spacial score (nSPS) is 11.9. The number of halogens is 1. The van der Waals surface area contributed by atoms with Crippen LogP contribution in [-0.4, -0.2) is 0 Å². The van der Waals surface area contributed by atoms with Crippen molar-refractivity contribution in [2.45, 2.75) is 0 Å². The van der Waals surface area contributed by atoms with Gasteiger partial charge in [0, 0.05) is 20.8 Å². The van der Waals surface area contributed by atoms with Crippen LogP contribution in [0.4, 0.5) is 0 Å². The summed E-state index contributed by atoms with van der Waals surface area (Å²) in [5, 5.41) is 2.26. The number of fused-ring (bicyclic) bond motifs is 12. The van der Waals surface area contributed by atoms with Gasteiger partial charge >= 0.3 is 0 Å². The Balaban J connectivity index is 1.76. The Morgan fingerprint density at radius 3 is 1.59 bits per heavy atom. The lowest BCUT2D eigenvalue weighted by Gasteiger charge is -2.23. The minimum absolute atomic E-state index is 0.907. The first-order valence-electron chi connectivity index (χ1n) is 10.7. The fourth-order valence-electron chi connectivity index (χ4n) is 5.17. The van der Waals surface area contributed by atoms with Crippen molar-refractivity contribution in [3.63, 3.8) is 0 Å². The van der Waals surface area contributed by atoms with Gasteiger partial charge in [-0.3, -0.25) is 0 Å². The molecule has 0 saturated carbocycles. The molecule has 0 saturated heterocycles. The summed E-state index contributed by atoms with van der Waals surface area (Å²) in [6, 6.07) is 36.6. The van der Waals surface area contributed by atoms with Crippen molar-refractivity contribution in [3.05, 3.63) is 108 Å². The molecular formula is C30H17BrO. The van der Waals surface area contributed by atoms with Crippen LogP contribution in [0, 0.1) is 0 Å². The number of rotatable bonds is 0. The quantitative estimate of drug-likeness (QED) is 0.214. The molecule has 1 aromatic heterocycles. The molecule has 0 amide bonds. The average Bonchev–Trinajstić information content (AvgIpc) is 3.23. The highest BCUT2D eigenvalue weighted by atomic mass is 79.9. The molecule has 0 N–H and O–H groups in total. The maximum Gasteiger partial charge on any atom is 0.145 e. The second kappa shape index (κ2) is 6.69. The molecule has 5 aromatic carbocycles. The molecule has 1 nitrogen and oxygen atoms in total. The highest BCUT2D eigenvalue weighted by Crippen LogP contribution is 2.52. The van der Waals surface area contributed by atoms with Crippen LogP contribution in [-0.2, 0) is 0 Å². The van der Waals surface area contributed by atoms with Crippen LogP contribution >= 0.6 is 15.9 Å². The number of benzene rings is 5. The molecule has 1 aliphatic carbocycles. The van der Waals surface area contributed by atoms with Crippen molar-refractivity contribution in [2.75, 3.05) is 0 Å². The van der Waals surface area contributed by atoms with Crippen LogP contribution in [0.1, 0.15) is 0 Å². The first-order valence-corrected chi connectivity index (χ1v) is 11.5. The van der Waals surface area contributed by atoms with E-state index in [0.29, 0.717) is 0 Å². The lowest BCUT2D eigenvalue weighted by atomic mass is 9.80. The van der Waals surface area contributed by atoms with Crippen LogP contribution < -0.4 is 0 Å². The van der Waals surface area contributed by atoms with E-state index in [1.807, 2.05) is 12.1 Å². The summed E-state index contributed by atoms with van der Waals surface area (Å²) < 4.78 is 7.61. The van der Waals surface area contributed by atoms with E-state index in [1.54, 1.807) is 0 Å². The standard InChI is InChI=1S/C30H17BrO/c31-26-17-25-22-13-4-3-11-20(22)18-9-1-2-10-19(18)21-12-5-6-14-23(21)28(25)30-29(26)24-15-7-8-16-27(24)32-30/h1-17H. The van der Waals surface area contributed by atoms with E-state index in [-0.39, 0.29) is 0 Å². The van der Waals surface area contributed by atoms with Crippen LogP contribution in [0.2, 0.25) is 0 Å². The molecule has 7 rings (SSSR count). The predicted octanol–water partition coefficient (Wildman–Crippen LogP) is 9.33. The van der Waals surface area contributed by atoms with Crippen LogP contribution in [0.25, 0.3) is 66.4 Å². The van der Waals surface area contributed by atoms with Gasteiger partial charge in [0.15, 0.2) is 0 Å². The second-order valence-electron chi connectivity index (χ2n) is 8.22. The Labute approximate surface area is 194 Å². The summed E-state index contributed by atoms with van der Waals surface area (Å²) in [7, 11) is 0. The number of hydrogen-bond acceptors (Lipinski definition) is 1. The molecule has 0 spiro atoms. The van der Waals surface area contributed by atoms with Gasteiger partial charge in [-0.1, -0.05) is 91.0 Å². The highest BCUT2D eigenvalue weighted by Gasteiger charge is 2.26. The van der Waals surface area contributed by atoms with Crippen molar-refractivity contribution in [1.29, 1.82) is 0 Å². The number of furan rings is 1. The zero-order valence-electron chi connectivity index (χ0n) is 17.1. The average molecular weight is 473 g/mol. The summed E-state index contributed by atoms with van der Waals surface area (Å²) in [4.78, 5) is 0. The molecule has 2 heteroatoms. The molecule has 150 valence electrons. The molecule has 0 unspecified atom stereocenters. The smallest absolute Gasteiger partial charge is 0.145 e. The van der Waals surface area contributed by atoms with Gasteiger partial charge in [-0.2, -0.15) is 0 Å². The van der Waals surface area contributed by atoms with Crippen molar-refractivity contribution < 1.29 is 4.42 Å². The van der Waals surface area contributed by atoms with Crippen molar-refractivity contribution in [3.8, 4) is 44.5 Å². The zero-order valence-corrected chi connectivity index (χ0v) is 18.7. The van der Waals surface area contributed by atoms with E-state index in [1.165, 1.54) is 38.9 Å². The van der Waals surface area contributed by atoms with Crippen molar-refractivity contribution in [2.24, 2.45) is 0 Å². The lowest BCUT2D eigenvalue weighted by molar-refractivity contribution is 0.670. The van der Waals surface area contributed by atoms with Gasteiger partial charge in [0.05, 0.1) is 0 Å². The van der Waals surface area contributed by atoms with Gasteiger partial charge in [0.2, 0.25) is 0 Å². The molecule has 0 bridgehead atoms. The summed E-state index contributed by atoms with van der Waals surface area (Å²) in [6.45, 7) is 0. The molecule has 0 radical (unpaired) electrons. The molecule has 6 aromatic rings. The minimum atomic E-state index is 0.907. The topological polar surface area (TPSA) is 13.1 Å². The molecule has 0 fully saturated rings. The Hall–Kier alpha value is -3.62. The van der Waals surface area contributed by atoms with Crippen molar-refractivity contribution in [1.82, 2.24) is 0 Å². The predicted molar refractivity (Wildman–Crippen MR) is 137 cm³/mol. The van der Waals surface area contributed by atoms with E-state index in [2.05, 4.69) is 107 Å². The highest BCUT2D eigenvalue weighted by molar-refractivity contribution is 9.10. The Bertz CT molecular complexity index is 1690. The van der Waals surface area contributed by atoms with Gasteiger partial charge in [-0.25, -0.2) is 0 Å². The van der Waals surface area contributed by atoms with Gasteiger partial charge in [-0.15, -0.1) is 0 Å². The number of para-hydroxylation sites is 1. The van der Waals surface area contributed by atoms with Crippen molar-refractivity contribution >= 4 is 37.9 Å². The van der Waals surface area contributed by atoms with E-state index < -0.39 is 0 Å². The van der Waals surface area contributed by atoms with E-state index >= 15 is 0 Å². The van der Waals surface area contributed by atoms with Crippen LogP contribution in [0.5, 0.6) is 0 Å². The molecular weight excluding hydrogens is 456 g/mol. The molecule has 1 heterocycles. The van der Waals surface area contributed by atoms with Crippen LogP contribution in [0.3, 0.4) is 0 Å². The molecule has 1 aliphatic rings. The largest absolute Gasteiger partial charge is 0.455 e. The number of hydrogen-bond donors (Lipinski definition) is 0. The maximum absolute atomic E-state index is 6.56. The van der Waals surface area contributed by atoms with Crippen LogP contribution in [0.15, 0.2) is 112 Å². The van der Waals surface area contributed by atoms with Gasteiger partial charge in [0.25, 0.3) is 0 Å². The Morgan fingerprint density at radius 1 is 0.500 bits per heavy atom. The van der Waals surface area contributed by atoms with Gasteiger partial charge < -0.3 is 4.42 Å². The van der Waals surface area contributed by atoms with E-state index in [0.717, 1.165) is 32.0 Å². The van der Waals surface area contributed by atoms with E-state index in [4.69, 9.17) is 4.42 Å². The monoisotopic (exact) mass is 472 g/mol. The third-order valence-corrected chi connectivity index (χ3v) is 7.15. The first-order chi connectivity index (χ1) is 15.8. The lowest BCUT2D eigenvalue weighted by Crippen LogP contribution is -1.97. The summed E-state index contributed by atoms with van der Waals surface area (Å²) in [5.74, 6) is 0. The molecule has 0 aliphatic heterocycles. The van der Waals surface area contributed by atoms with Gasteiger partial charge in [0.1, 0.15) is 11.2 Å². The third-order valence-electron chi connectivity index (χ3n) is 6.52. The summed E-state index contributed by atoms with van der Waals surface area (Å²) in [6.07, 6.45) is 0. The SMILES string of the molecule is Brc1cc2c(c3oc4ccccc4c13)-c1ccccc1-c1ccccc1-c1ccccc1-2. The Morgan fingerprint density at radius 2 is 0.969 bits per heavy atom. The van der Waals surface area contributed by atoms with E-state index in [9.17, 15) is 0 Å². The third kappa shape index (κ3) is 2.39. The Kier molecular flexibility index (Phi) is 3.76. The fourth-order valence-corrected chi connectivity index (χ4v) is 5.80. The second-order valence-corrected chi connectivity index (χ2v) is 9.07. The maximum atomic E-state index is 6.56. The minimum Gasteiger partial charge on any atom is -0.455 e. The summed E-state index contributed by atoms with van der Waals surface area (Å²) in [5.41, 5.74) is 11.5. The fraction of sp³-hybridized carbons (Fsp3) is 0. The first kappa shape index (κ1) is 18.0. The summed E-state index contributed by atoms with van der Waals surface area (Å²) >= 11 is 3.88.